The van der Waals surface area contributed by atoms with Crippen LogP contribution in [-0.4, -0.2) is 36.7 Å². The Hall–Kier alpha value is -2.25. The van der Waals surface area contributed by atoms with Gasteiger partial charge >= 0.3 is 0 Å². The van der Waals surface area contributed by atoms with Crippen molar-refractivity contribution < 1.29 is 13.2 Å². The van der Waals surface area contributed by atoms with Gasteiger partial charge in [0.25, 0.3) is 0 Å². The van der Waals surface area contributed by atoms with E-state index in [0.29, 0.717) is 37.4 Å². The number of hydrogen-bond acceptors (Lipinski definition) is 4. The lowest BCUT2D eigenvalue weighted by Gasteiger charge is -2.31. The molecule has 1 aliphatic heterocycles. The summed E-state index contributed by atoms with van der Waals surface area (Å²) in [6.07, 6.45) is 2.74. The average molecular weight is 388 g/mol. The van der Waals surface area contributed by atoms with Crippen LogP contribution in [0.15, 0.2) is 47.5 Å². The van der Waals surface area contributed by atoms with Crippen molar-refractivity contribution in [2.45, 2.75) is 38.1 Å². The van der Waals surface area contributed by atoms with Crippen LogP contribution in [0, 0.1) is 19.8 Å². The lowest BCUT2D eigenvalue weighted by atomic mass is 9.97. The van der Waals surface area contributed by atoms with E-state index < -0.39 is 10.0 Å². The topological polar surface area (TPSA) is 79.4 Å². The van der Waals surface area contributed by atoms with Crippen molar-refractivity contribution in [1.29, 1.82) is 0 Å². The van der Waals surface area contributed by atoms with Gasteiger partial charge in [-0.3, -0.25) is 9.78 Å². The predicted molar refractivity (Wildman–Crippen MR) is 103 cm³/mol. The molecule has 27 heavy (non-hydrogen) atoms. The molecule has 1 aliphatic rings. The van der Waals surface area contributed by atoms with Crippen LogP contribution in [-0.2, 0) is 21.4 Å². The van der Waals surface area contributed by atoms with Crippen LogP contribution in [0.1, 0.15) is 29.7 Å². The highest BCUT2D eigenvalue weighted by Crippen LogP contribution is 2.26. The number of hydrogen-bond donors (Lipinski definition) is 1. The maximum Gasteiger partial charge on any atom is 0.243 e. The third-order valence-corrected chi connectivity index (χ3v) is 7.00. The lowest BCUT2D eigenvalue weighted by Crippen LogP contribution is -2.43. The molecule has 0 unspecified atom stereocenters. The van der Waals surface area contributed by atoms with Gasteiger partial charge in [0.2, 0.25) is 15.9 Å². The van der Waals surface area contributed by atoms with Gasteiger partial charge in [0, 0.05) is 25.2 Å². The Morgan fingerprint density at radius 2 is 1.93 bits per heavy atom. The van der Waals surface area contributed by atoms with E-state index in [1.54, 1.807) is 12.3 Å². The molecule has 2 heterocycles. The molecule has 0 spiro atoms. The summed E-state index contributed by atoms with van der Waals surface area (Å²) in [5.41, 5.74) is 2.60. The number of carbonyl (C=O) groups excluding carboxylic acids is 1. The summed E-state index contributed by atoms with van der Waals surface area (Å²) in [6, 6.07) is 10.9. The van der Waals surface area contributed by atoms with Crippen LogP contribution in [0.5, 0.6) is 0 Å². The number of piperidine rings is 1. The van der Waals surface area contributed by atoms with Gasteiger partial charge in [0.15, 0.2) is 0 Å². The Morgan fingerprint density at radius 1 is 1.19 bits per heavy atom. The molecule has 0 saturated carbocycles. The van der Waals surface area contributed by atoms with Crippen LogP contribution >= 0.6 is 0 Å². The predicted octanol–water partition coefficient (Wildman–Crippen LogP) is 2.42. The number of nitrogens with zero attached hydrogens (tertiary/aromatic N) is 2. The standard InChI is InChI=1S/C20H25N3O3S/c1-15-6-7-19(16(2)13-15)27(25,26)23-11-8-17(9-12-23)20(24)22-14-18-5-3-4-10-21-18/h3-7,10,13,17H,8-9,11-12,14H2,1-2H3,(H,22,24). The molecule has 1 saturated heterocycles. The Kier molecular flexibility index (Phi) is 5.92. The zero-order valence-corrected chi connectivity index (χ0v) is 16.5. The van der Waals surface area contributed by atoms with E-state index in [1.807, 2.05) is 44.2 Å². The number of benzene rings is 1. The number of aromatic nitrogens is 1. The number of amides is 1. The zero-order chi connectivity index (χ0) is 19.4. The minimum Gasteiger partial charge on any atom is -0.350 e. The highest BCUT2D eigenvalue weighted by atomic mass is 32.2. The van der Waals surface area contributed by atoms with E-state index >= 15 is 0 Å². The minimum absolute atomic E-state index is 0.0378. The molecule has 7 heteroatoms. The van der Waals surface area contributed by atoms with Crippen molar-refractivity contribution in [3.8, 4) is 0 Å². The van der Waals surface area contributed by atoms with Crippen molar-refractivity contribution in [3.05, 3.63) is 59.4 Å². The summed E-state index contributed by atoms with van der Waals surface area (Å²) in [7, 11) is -3.52. The Balaban J connectivity index is 1.58. The summed E-state index contributed by atoms with van der Waals surface area (Å²) in [6.45, 7) is 4.87. The average Bonchev–Trinajstić information content (AvgIpc) is 2.66. The minimum atomic E-state index is -3.52. The fraction of sp³-hybridized carbons (Fsp3) is 0.400. The van der Waals surface area contributed by atoms with Gasteiger partial charge in [-0.1, -0.05) is 23.8 Å². The molecule has 1 fully saturated rings. The first kappa shape index (κ1) is 19.5. The van der Waals surface area contributed by atoms with E-state index in [4.69, 9.17) is 0 Å². The molecule has 0 aliphatic carbocycles. The molecule has 1 aromatic heterocycles. The van der Waals surface area contributed by atoms with Gasteiger partial charge in [0.1, 0.15) is 0 Å². The summed E-state index contributed by atoms with van der Waals surface area (Å²) in [5.74, 6) is -0.205. The number of rotatable bonds is 5. The first-order valence-electron chi connectivity index (χ1n) is 9.13. The van der Waals surface area contributed by atoms with Crippen LogP contribution in [0.25, 0.3) is 0 Å². The molecule has 1 amide bonds. The van der Waals surface area contributed by atoms with Crippen molar-refractivity contribution in [2.75, 3.05) is 13.1 Å². The van der Waals surface area contributed by atoms with E-state index in [9.17, 15) is 13.2 Å². The van der Waals surface area contributed by atoms with Crippen LogP contribution in [0.2, 0.25) is 0 Å². The fourth-order valence-electron chi connectivity index (χ4n) is 3.41. The van der Waals surface area contributed by atoms with Gasteiger partial charge in [-0.25, -0.2) is 8.42 Å². The van der Waals surface area contributed by atoms with Gasteiger partial charge in [0.05, 0.1) is 17.1 Å². The monoisotopic (exact) mass is 387 g/mol. The summed E-state index contributed by atoms with van der Waals surface area (Å²) in [4.78, 5) is 16.9. The first-order chi connectivity index (χ1) is 12.9. The second-order valence-electron chi connectivity index (χ2n) is 6.99. The van der Waals surface area contributed by atoms with Crippen LogP contribution in [0.4, 0.5) is 0 Å². The number of pyridine rings is 1. The van der Waals surface area contributed by atoms with E-state index in [1.165, 1.54) is 4.31 Å². The summed E-state index contributed by atoms with van der Waals surface area (Å²) in [5, 5.41) is 2.90. The van der Waals surface area contributed by atoms with Crippen molar-refractivity contribution in [3.63, 3.8) is 0 Å². The smallest absolute Gasteiger partial charge is 0.243 e. The molecule has 3 rings (SSSR count). The van der Waals surface area contributed by atoms with Gasteiger partial charge in [-0.15, -0.1) is 0 Å². The number of aryl methyl sites for hydroxylation is 2. The molecule has 144 valence electrons. The van der Waals surface area contributed by atoms with Gasteiger partial charge in [-0.2, -0.15) is 4.31 Å². The van der Waals surface area contributed by atoms with Crippen molar-refractivity contribution >= 4 is 15.9 Å². The zero-order valence-electron chi connectivity index (χ0n) is 15.7. The molecule has 1 aromatic carbocycles. The number of nitrogens with one attached hydrogen (secondary N) is 1. The largest absolute Gasteiger partial charge is 0.350 e. The quantitative estimate of drug-likeness (QED) is 0.854. The third-order valence-electron chi connectivity index (χ3n) is 4.94. The Bertz CT molecular complexity index is 905. The van der Waals surface area contributed by atoms with Gasteiger partial charge in [-0.05, 0) is 50.5 Å². The summed E-state index contributed by atoms with van der Waals surface area (Å²) < 4.78 is 27.3. The highest BCUT2D eigenvalue weighted by Gasteiger charge is 2.32. The van der Waals surface area contributed by atoms with Crippen LogP contribution in [0.3, 0.4) is 0 Å². The molecule has 0 radical (unpaired) electrons. The van der Waals surface area contributed by atoms with E-state index in [-0.39, 0.29) is 11.8 Å². The molecular weight excluding hydrogens is 362 g/mol. The molecule has 0 bridgehead atoms. The maximum atomic E-state index is 12.9. The molecule has 0 atom stereocenters. The Morgan fingerprint density at radius 3 is 2.56 bits per heavy atom. The fourth-order valence-corrected chi connectivity index (χ4v) is 5.09. The lowest BCUT2D eigenvalue weighted by molar-refractivity contribution is -0.126. The SMILES string of the molecule is Cc1ccc(S(=O)(=O)N2CCC(C(=O)NCc3ccccn3)CC2)c(C)c1. The van der Waals surface area contributed by atoms with Gasteiger partial charge < -0.3 is 5.32 Å². The Labute approximate surface area is 160 Å². The van der Waals surface area contributed by atoms with E-state index in [0.717, 1.165) is 16.8 Å². The first-order valence-corrected chi connectivity index (χ1v) is 10.6. The van der Waals surface area contributed by atoms with Crippen LogP contribution < -0.4 is 5.32 Å². The third kappa shape index (κ3) is 4.54. The normalized spacial score (nSPS) is 16.2. The second-order valence-corrected chi connectivity index (χ2v) is 8.89. The molecule has 6 nitrogen and oxygen atoms in total. The molecular formula is C20H25N3O3S. The van der Waals surface area contributed by atoms with Crippen molar-refractivity contribution in [1.82, 2.24) is 14.6 Å². The number of carbonyl (C=O) groups is 1. The number of sulfonamides is 1. The second kappa shape index (κ2) is 8.19. The summed E-state index contributed by atoms with van der Waals surface area (Å²) >= 11 is 0. The van der Waals surface area contributed by atoms with Crippen molar-refractivity contribution in [2.24, 2.45) is 5.92 Å². The highest BCUT2D eigenvalue weighted by molar-refractivity contribution is 7.89. The molecule has 1 N–H and O–H groups in total. The molecule has 2 aromatic rings. The maximum absolute atomic E-state index is 12.9. The van der Waals surface area contributed by atoms with E-state index in [2.05, 4.69) is 10.3 Å².